The van der Waals surface area contributed by atoms with Gasteiger partial charge in [0.05, 0.1) is 0 Å². The van der Waals surface area contributed by atoms with Gasteiger partial charge in [-0.1, -0.05) is 24.3 Å². The number of rotatable bonds is 4. The lowest BCUT2D eigenvalue weighted by Crippen LogP contribution is -2.09. The minimum atomic E-state index is 0.785. The Kier molecular flexibility index (Phi) is 3.10. The zero-order chi connectivity index (χ0) is 13.1. The lowest BCUT2D eigenvalue weighted by molar-refractivity contribution is 0.788. The zero-order valence-electron chi connectivity index (χ0n) is 10.7. The van der Waals surface area contributed by atoms with E-state index in [-0.39, 0.29) is 0 Å². The van der Waals surface area contributed by atoms with Crippen molar-refractivity contribution in [1.29, 1.82) is 0 Å². The van der Waals surface area contributed by atoms with Crippen molar-refractivity contribution in [1.82, 2.24) is 19.7 Å². The van der Waals surface area contributed by atoms with Gasteiger partial charge in [-0.3, -0.25) is 0 Å². The fourth-order valence-corrected chi connectivity index (χ4v) is 2.09. The first-order valence-electron chi connectivity index (χ1n) is 6.25. The molecule has 19 heavy (non-hydrogen) atoms. The molecule has 96 valence electrons. The van der Waals surface area contributed by atoms with Crippen molar-refractivity contribution in [3.8, 4) is 0 Å². The molecule has 1 N–H and O–H groups in total. The Labute approximate surface area is 111 Å². The monoisotopic (exact) mass is 253 g/mol. The molecule has 0 bridgehead atoms. The maximum Gasteiger partial charge on any atom is 0.134 e. The molecule has 3 aromatic rings. The van der Waals surface area contributed by atoms with Crippen LogP contribution in [0.3, 0.4) is 0 Å². The van der Waals surface area contributed by atoms with Crippen molar-refractivity contribution in [2.24, 2.45) is 7.05 Å². The Hall–Kier alpha value is -2.43. The molecule has 1 aromatic carbocycles. The van der Waals surface area contributed by atoms with E-state index in [0.717, 1.165) is 30.0 Å². The summed E-state index contributed by atoms with van der Waals surface area (Å²) in [5.41, 5.74) is 0. The Morgan fingerprint density at radius 2 is 2.11 bits per heavy atom. The van der Waals surface area contributed by atoms with Crippen LogP contribution >= 0.6 is 0 Å². The van der Waals surface area contributed by atoms with Crippen LogP contribution in [0.2, 0.25) is 0 Å². The van der Waals surface area contributed by atoms with Crippen molar-refractivity contribution >= 4 is 16.6 Å². The Bertz CT molecular complexity index is 684. The van der Waals surface area contributed by atoms with Gasteiger partial charge in [0.15, 0.2) is 0 Å². The second-order valence-corrected chi connectivity index (χ2v) is 4.42. The molecule has 0 atom stereocenters. The molecule has 0 spiro atoms. The van der Waals surface area contributed by atoms with Crippen LogP contribution in [0, 0.1) is 0 Å². The van der Waals surface area contributed by atoms with Gasteiger partial charge in [-0.25, -0.2) is 4.98 Å². The molecule has 0 radical (unpaired) electrons. The number of aryl methyl sites for hydroxylation is 1. The third-order valence-electron chi connectivity index (χ3n) is 3.12. The number of nitrogens with one attached hydrogen (secondary N) is 1. The topological polar surface area (TPSA) is 55.6 Å². The Morgan fingerprint density at radius 1 is 1.21 bits per heavy atom. The van der Waals surface area contributed by atoms with E-state index < -0.39 is 0 Å². The van der Waals surface area contributed by atoms with Crippen molar-refractivity contribution in [2.45, 2.75) is 6.42 Å². The maximum atomic E-state index is 4.39. The van der Waals surface area contributed by atoms with Gasteiger partial charge < -0.3 is 9.88 Å². The summed E-state index contributed by atoms with van der Waals surface area (Å²) in [7, 11) is 1.95. The fourth-order valence-electron chi connectivity index (χ4n) is 2.09. The minimum absolute atomic E-state index is 0.785. The molecule has 0 aliphatic carbocycles. The maximum absolute atomic E-state index is 4.39. The van der Waals surface area contributed by atoms with Crippen molar-refractivity contribution < 1.29 is 0 Å². The van der Waals surface area contributed by atoms with E-state index in [1.165, 1.54) is 5.39 Å². The van der Waals surface area contributed by atoms with Gasteiger partial charge in [-0.15, -0.1) is 10.2 Å². The first-order chi connectivity index (χ1) is 9.34. The van der Waals surface area contributed by atoms with Gasteiger partial charge in [0.25, 0.3) is 0 Å². The molecule has 2 heterocycles. The molecule has 0 saturated carbocycles. The molecular weight excluding hydrogens is 238 g/mol. The molecule has 2 aromatic heterocycles. The standard InChI is InChI=1S/C14H15N5/c1-19-10-17-18-13(19)7-9-16-14-12-5-3-2-4-11(12)6-8-15-14/h2-6,8,10H,7,9H2,1H3,(H,15,16). The highest BCUT2D eigenvalue weighted by Gasteiger charge is 2.03. The molecule has 0 amide bonds. The highest BCUT2D eigenvalue weighted by molar-refractivity contribution is 5.91. The minimum Gasteiger partial charge on any atom is -0.369 e. The van der Waals surface area contributed by atoms with Gasteiger partial charge in [-0.05, 0) is 11.5 Å². The third kappa shape index (κ3) is 2.40. The van der Waals surface area contributed by atoms with E-state index in [0.29, 0.717) is 0 Å². The molecule has 0 unspecified atom stereocenters. The van der Waals surface area contributed by atoms with E-state index in [9.17, 15) is 0 Å². The molecule has 5 nitrogen and oxygen atoms in total. The van der Waals surface area contributed by atoms with E-state index in [4.69, 9.17) is 0 Å². The lowest BCUT2D eigenvalue weighted by atomic mass is 10.1. The molecule has 0 aliphatic rings. The Balaban J connectivity index is 1.74. The van der Waals surface area contributed by atoms with Crippen LogP contribution in [0.4, 0.5) is 5.82 Å². The largest absolute Gasteiger partial charge is 0.369 e. The number of anilines is 1. The normalized spacial score (nSPS) is 10.8. The van der Waals surface area contributed by atoms with Crippen LogP contribution in [-0.4, -0.2) is 26.3 Å². The average Bonchev–Trinajstić information content (AvgIpc) is 2.85. The van der Waals surface area contributed by atoms with Crippen LogP contribution in [0.1, 0.15) is 5.82 Å². The van der Waals surface area contributed by atoms with E-state index in [1.807, 2.05) is 36.0 Å². The predicted molar refractivity (Wildman–Crippen MR) is 74.9 cm³/mol. The average molecular weight is 253 g/mol. The summed E-state index contributed by atoms with van der Waals surface area (Å²) >= 11 is 0. The highest BCUT2D eigenvalue weighted by Crippen LogP contribution is 2.20. The lowest BCUT2D eigenvalue weighted by Gasteiger charge is -2.08. The smallest absolute Gasteiger partial charge is 0.134 e. The van der Waals surface area contributed by atoms with E-state index in [2.05, 4.69) is 32.6 Å². The molecule has 3 rings (SSSR count). The van der Waals surface area contributed by atoms with Gasteiger partial charge in [0, 0.05) is 31.6 Å². The van der Waals surface area contributed by atoms with Crippen LogP contribution in [0.5, 0.6) is 0 Å². The quantitative estimate of drug-likeness (QED) is 0.773. The number of hydrogen-bond donors (Lipinski definition) is 1. The number of pyridine rings is 1. The van der Waals surface area contributed by atoms with Crippen LogP contribution < -0.4 is 5.32 Å². The Morgan fingerprint density at radius 3 is 2.95 bits per heavy atom. The van der Waals surface area contributed by atoms with E-state index in [1.54, 1.807) is 6.33 Å². The summed E-state index contributed by atoms with van der Waals surface area (Å²) in [4.78, 5) is 4.39. The first-order valence-corrected chi connectivity index (χ1v) is 6.25. The molecular formula is C14H15N5. The zero-order valence-corrected chi connectivity index (χ0v) is 10.7. The number of hydrogen-bond acceptors (Lipinski definition) is 4. The van der Waals surface area contributed by atoms with Crippen LogP contribution in [0.15, 0.2) is 42.9 Å². The van der Waals surface area contributed by atoms with Gasteiger partial charge in [0.2, 0.25) is 0 Å². The number of fused-ring (bicyclic) bond motifs is 1. The summed E-state index contributed by atoms with van der Waals surface area (Å²) < 4.78 is 1.93. The molecule has 0 aliphatic heterocycles. The van der Waals surface area contributed by atoms with Crippen LogP contribution in [0.25, 0.3) is 10.8 Å². The molecule has 0 saturated heterocycles. The summed E-state index contributed by atoms with van der Waals surface area (Å²) in [6.07, 6.45) is 4.36. The van der Waals surface area contributed by atoms with Crippen molar-refractivity contribution in [3.05, 3.63) is 48.7 Å². The summed E-state index contributed by atoms with van der Waals surface area (Å²) in [5, 5.41) is 13.6. The summed E-state index contributed by atoms with van der Waals surface area (Å²) in [5.74, 6) is 1.88. The van der Waals surface area contributed by atoms with Gasteiger partial charge in [-0.2, -0.15) is 0 Å². The number of benzene rings is 1. The fraction of sp³-hybridized carbons (Fsp3) is 0.214. The SMILES string of the molecule is Cn1cnnc1CCNc1nccc2ccccc12. The second-order valence-electron chi connectivity index (χ2n) is 4.42. The van der Waals surface area contributed by atoms with Gasteiger partial charge in [0.1, 0.15) is 18.0 Å². The van der Waals surface area contributed by atoms with Crippen LogP contribution in [-0.2, 0) is 13.5 Å². The first kappa shape index (κ1) is 11.6. The highest BCUT2D eigenvalue weighted by atomic mass is 15.2. The van der Waals surface area contributed by atoms with Crippen molar-refractivity contribution in [2.75, 3.05) is 11.9 Å². The second kappa shape index (κ2) is 5.06. The number of nitrogens with zero attached hydrogens (tertiary/aromatic N) is 4. The van der Waals surface area contributed by atoms with Crippen molar-refractivity contribution in [3.63, 3.8) is 0 Å². The van der Waals surface area contributed by atoms with Gasteiger partial charge >= 0.3 is 0 Å². The summed E-state index contributed by atoms with van der Waals surface area (Å²) in [6.45, 7) is 0.785. The molecule has 0 fully saturated rings. The predicted octanol–water partition coefficient (Wildman–Crippen LogP) is 2.02. The molecule has 5 heteroatoms. The summed E-state index contributed by atoms with van der Waals surface area (Å²) in [6, 6.07) is 10.2. The van der Waals surface area contributed by atoms with E-state index >= 15 is 0 Å². The third-order valence-corrected chi connectivity index (χ3v) is 3.12. The number of aromatic nitrogens is 4.